The van der Waals surface area contributed by atoms with Crippen LogP contribution in [0.3, 0.4) is 0 Å². The van der Waals surface area contributed by atoms with Gasteiger partial charge in [0.1, 0.15) is 11.4 Å². The van der Waals surface area contributed by atoms with Gasteiger partial charge in [0, 0.05) is 17.6 Å². The van der Waals surface area contributed by atoms with Gasteiger partial charge in [-0.25, -0.2) is 4.68 Å². The molecule has 0 aliphatic heterocycles. The van der Waals surface area contributed by atoms with Crippen LogP contribution >= 0.6 is 11.6 Å². The van der Waals surface area contributed by atoms with Crippen molar-refractivity contribution in [1.29, 1.82) is 0 Å². The quantitative estimate of drug-likeness (QED) is 0.706. The van der Waals surface area contributed by atoms with Crippen LogP contribution in [-0.2, 0) is 6.54 Å². The molecule has 7 heteroatoms. The molecule has 0 amide bonds. The first-order valence-electron chi connectivity index (χ1n) is 8.72. The van der Waals surface area contributed by atoms with Crippen LogP contribution < -0.4 is 10.1 Å². The molecule has 6 nitrogen and oxygen atoms in total. The molecule has 0 saturated heterocycles. The van der Waals surface area contributed by atoms with Crippen molar-refractivity contribution in [2.24, 2.45) is 0 Å². The SMILES string of the molecule is Cc1cc(NCc2cn(-c3ccc(OC4CCC4)c(Cl)c3)nn2)ccn1. The number of pyridine rings is 1. The first kappa shape index (κ1) is 16.8. The zero-order chi connectivity index (χ0) is 17.9. The summed E-state index contributed by atoms with van der Waals surface area (Å²) in [6, 6.07) is 9.62. The first-order chi connectivity index (χ1) is 12.7. The fourth-order valence-electron chi connectivity index (χ4n) is 2.75. The molecular weight excluding hydrogens is 350 g/mol. The molecule has 2 heterocycles. The summed E-state index contributed by atoms with van der Waals surface area (Å²) in [5, 5.41) is 12.3. The number of ether oxygens (including phenoxy) is 1. The van der Waals surface area contributed by atoms with Gasteiger partial charge in [0.05, 0.1) is 29.6 Å². The summed E-state index contributed by atoms with van der Waals surface area (Å²) >= 11 is 6.36. The Bertz CT molecular complexity index is 906. The molecule has 0 spiro atoms. The zero-order valence-electron chi connectivity index (χ0n) is 14.5. The smallest absolute Gasteiger partial charge is 0.138 e. The lowest BCUT2D eigenvalue weighted by molar-refractivity contribution is 0.120. The number of benzene rings is 1. The predicted molar refractivity (Wildman–Crippen MR) is 101 cm³/mol. The van der Waals surface area contributed by atoms with E-state index in [2.05, 4.69) is 20.6 Å². The summed E-state index contributed by atoms with van der Waals surface area (Å²) in [5.74, 6) is 0.732. The fourth-order valence-corrected chi connectivity index (χ4v) is 2.97. The molecular formula is C19H20ClN5O. The molecule has 4 rings (SSSR count). The maximum Gasteiger partial charge on any atom is 0.138 e. The minimum absolute atomic E-state index is 0.305. The highest BCUT2D eigenvalue weighted by Crippen LogP contribution is 2.31. The zero-order valence-corrected chi connectivity index (χ0v) is 15.3. The van der Waals surface area contributed by atoms with E-state index in [1.54, 1.807) is 10.9 Å². The average molecular weight is 370 g/mol. The number of halogens is 1. The van der Waals surface area contributed by atoms with Crippen molar-refractivity contribution in [3.63, 3.8) is 0 Å². The lowest BCUT2D eigenvalue weighted by Gasteiger charge is -2.26. The summed E-state index contributed by atoms with van der Waals surface area (Å²) < 4.78 is 7.60. The van der Waals surface area contributed by atoms with E-state index >= 15 is 0 Å². The van der Waals surface area contributed by atoms with E-state index in [-0.39, 0.29) is 0 Å². The van der Waals surface area contributed by atoms with Gasteiger partial charge >= 0.3 is 0 Å². The van der Waals surface area contributed by atoms with Crippen LogP contribution in [0.1, 0.15) is 30.7 Å². The summed E-state index contributed by atoms with van der Waals surface area (Å²) in [4.78, 5) is 4.19. The highest BCUT2D eigenvalue weighted by molar-refractivity contribution is 6.32. The van der Waals surface area contributed by atoms with Crippen LogP contribution in [0, 0.1) is 6.92 Å². The second-order valence-corrected chi connectivity index (χ2v) is 6.89. The Morgan fingerprint density at radius 2 is 2.15 bits per heavy atom. The predicted octanol–water partition coefficient (Wildman–Crippen LogP) is 4.17. The Hall–Kier alpha value is -2.60. The van der Waals surface area contributed by atoms with Crippen molar-refractivity contribution in [1.82, 2.24) is 20.0 Å². The van der Waals surface area contributed by atoms with Crippen LogP contribution in [0.5, 0.6) is 5.75 Å². The van der Waals surface area contributed by atoms with Gasteiger partial charge in [0.2, 0.25) is 0 Å². The third kappa shape index (κ3) is 3.80. The van der Waals surface area contributed by atoms with Gasteiger partial charge in [-0.3, -0.25) is 4.98 Å². The molecule has 1 saturated carbocycles. The lowest BCUT2D eigenvalue weighted by atomic mass is 9.96. The number of nitrogens with one attached hydrogen (secondary N) is 1. The average Bonchev–Trinajstić information content (AvgIpc) is 3.06. The molecule has 0 bridgehead atoms. The summed E-state index contributed by atoms with van der Waals surface area (Å²) in [7, 11) is 0. The number of nitrogens with zero attached hydrogens (tertiary/aromatic N) is 4. The maximum atomic E-state index is 6.36. The van der Waals surface area contributed by atoms with E-state index in [1.807, 2.05) is 43.5 Å². The van der Waals surface area contributed by atoms with Crippen LogP contribution in [0.15, 0.2) is 42.7 Å². The summed E-state index contributed by atoms with van der Waals surface area (Å²) in [6.07, 6.45) is 7.42. The second kappa shape index (κ2) is 7.33. The monoisotopic (exact) mass is 369 g/mol. The Labute approximate surface area is 157 Å². The Balaban J connectivity index is 1.42. The van der Waals surface area contributed by atoms with Crippen molar-refractivity contribution in [3.05, 3.63) is 59.1 Å². The molecule has 1 fully saturated rings. The first-order valence-corrected chi connectivity index (χ1v) is 9.09. The molecule has 0 atom stereocenters. The van der Waals surface area contributed by atoms with Gasteiger partial charge in [0.25, 0.3) is 0 Å². The van der Waals surface area contributed by atoms with Crippen molar-refractivity contribution in [2.45, 2.75) is 38.8 Å². The van der Waals surface area contributed by atoms with Crippen molar-refractivity contribution in [2.75, 3.05) is 5.32 Å². The minimum atomic E-state index is 0.305. The maximum absolute atomic E-state index is 6.36. The normalized spacial score (nSPS) is 14.1. The number of rotatable bonds is 6. The van der Waals surface area contributed by atoms with E-state index in [9.17, 15) is 0 Å². The summed E-state index contributed by atoms with van der Waals surface area (Å²) in [5.41, 5.74) is 3.67. The molecule has 1 aromatic carbocycles. The standard InChI is InChI=1S/C19H20ClN5O/c1-13-9-14(7-8-21-13)22-11-15-12-25(24-23-15)16-5-6-19(18(20)10-16)26-17-3-2-4-17/h5-10,12,17H,2-4,11H2,1H3,(H,21,22). The lowest BCUT2D eigenvalue weighted by Crippen LogP contribution is -2.24. The number of aromatic nitrogens is 4. The molecule has 1 aliphatic carbocycles. The van der Waals surface area contributed by atoms with Crippen molar-refractivity contribution >= 4 is 17.3 Å². The van der Waals surface area contributed by atoms with Gasteiger partial charge in [-0.2, -0.15) is 0 Å². The highest BCUT2D eigenvalue weighted by Gasteiger charge is 2.20. The molecule has 2 aromatic heterocycles. The molecule has 1 N–H and O–H groups in total. The van der Waals surface area contributed by atoms with Gasteiger partial charge in [-0.15, -0.1) is 5.10 Å². The number of anilines is 1. The Morgan fingerprint density at radius 3 is 2.88 bits per heavy atom. The van der Waals surface area contributed by atoms with E-state index in [4.69, 9.17) is 16.3 Å². The number of hydrogen-bond acceptors (Lipinski definition) is 5. The Morgan fingerprint density at radius 1 is 1.27 bits per heavy atom. The van der Waals surface area contributed by atoms with E-state index in [1.165, 1.54) is 6.42 Å². The van der Waals surface area contributed by atoms with Crippen LogP contribution in [0.2, 0.25) is 5.02 Å². The van der Waals surface area contributed by atoms with Gasteiger partial charge in [-0.1, -0.05) is 16.8 Å². The van der Waals surface area contributed by atoms with E-state index in [0.717, 1.165) is 41.4 Å². The minimum Gasteiger partial charge on any atom is -0.489 e. The molecule has 0 unspecified atom stereocenters. The fraction of sp³-hybridized carbons (Fsp3) is 0.316. The van der Waals surface area contributed by atoms with E-state index in [0.29, 0.717) is 17.7 Å². The number of hydrogen-bond donors (Lipinski definition) is 1. The van der Waals surface area contributed by atoms with Crippen LogP contribution in [-0.4, -0.2) is 26.1 Å². The second-order valence-electron chi connectivity index (χ2n) is 6.48. The van der Waals surface area contributed by atoms with Gasteiger partial charge < -0.3 is 10.1 Å². The summed E-state index contributed by atoms with van der Waals surface area (Å²) in [6.45, 7) is 2.55. The van der Waals surface area contributed by atoms with Crippen molar-refractivity contribution in [3.8, 4) is 11.4 Å². The molecule has 3 aromatic rings. The van der Waals surface area contributed by atoms with Crippen molar-refractivity contribution < 1.29 is 4.74 Å². The van der Waals surface area contributed by atoms with Gasteiger partial charge in [0.15, 0.2) is 0 Å². The third-order valence-electron chi connectivity index (χ3n) is 4.44. The van der Waals surface area contributed by atoms with Crippen LogP contribution in [0.25, 0.3) is 5.69 Å². The van der Waals surface area contributed by atoms with Gasteiger partial charge in [-0.05, 0) is 56.5 Å². The van der Waals surface area contributed by atoms with E-state index < -0.39 is 0 Å². The Kier molecular flexibility index (Phi) is 4.75. The molecule has 1 aliphatic rings. The molecule has 0 radical (unpaired) electrons. The topological polar surface area (TPSA) is 64.9 Å². The molecule has 26 heavy (non-hydrogen) atoms. The third-order valence-corrected chi connectivity index (χ3v) is 4.73. The number of aryl methyl sites for hydroxylation is 1. The van der Waals surface area contributed by atoms with Crippen LogP contribution in [0.4, 0.5) is 5.69 Å². The largest absolute Gasteiger partial charge is 0.489 e. The molecule has 134 valence electrons. The highest BCUT2D eigenvalue weighted by atomic mass is 35.5.